The number of nitrogens with zero attached hydrogens (tertiary/aromatic N) is 1. The summed E-state index contributed by atoms with van der Waals surface area (Å²) in [5.41, 5.74) is 1.52. The highest BCUT2D eigenvalue weighted by molar-refractivity contribution is 6.19. The summed E-state index contributed by atoms with van der Waals surface area (Å²) in [5, 5.41) is 3.63. The first kappa shape index (κ1) is 21.7. The molecule has 2 heteroatoms. The van der Waals surface area contributed by atoms with E-state index in [4.69, 9.17) is 16.8 Å². The van der Waals surface area contributed by atoms with Crippen LogP contribution in [0.4, 0.5) is 17.1 Å². The Morgan fingerprint density at radius 1 is 0.333 bits per heavy atom. The van der Waals surface area contributed by atoms with Crippen molar-refractivity contribution in [1.29, 1.82) is 0 Å². The lowest BCUT2D eigenvalue weighted by Crippen LogP contribution is -2.09. The van der Waals surface area contributed by atoms with E-state index in [0.29, 0.717) is 22.3 Å². The maximum absolute atomic E-state index is 9.62. The maximum atomic E-state index is 9.62. The van der Waals surface area contributed by atoms with Gasteiger partial charge in [-0.25, -0.2) is 0 Å². The van der Waals surface area contributed by atoms with Gasteiger partial charge in [0.2, 0.25) is 0 Å². The molecule has 0 radical (unpaired) electrons. The molecular formula is C58H39NO. The molecule has 10 aromatic carbocycles. The fourth-order valence-corrected chi connectivity index (χ4v) is 7.46. The Labute approximate surface area is 373 Å². The van der Waals surface area contributed by atoms with E-state index >= 15 is 0 Å². The van der Waals surface area contributed by atoms with E-state index in [1.807, 2.05) is 84.9 Å². The van der Waals surface area contributed by atoms with Crippen molar-refractivity contribution in [1.82, 2.24) is 0 Å². The molecule has 0 atom stereocenters. The van der Waals surface area contributed by atoms with Crippen molar-refractivity contribution in [2.75, 3.05) is 4.90 Å². The number of fused-ring (bicyclic) bond motifs is 5. The highest BCUT2D eigenvalue weighted by atomic mass is 16.3. The summed E-state index contributed by atoms with van der Waals surface area (Å²) >= 11 is 0. The van der Waals surface area contributed by atoms with Gasteiger partial charge in [0.15, 0.2) is 0 Å². The van der Waals surface area contributed by atoms with E-state index in [2.05, 4.69) is 0 Å². The fourth-order valence-electron chi connectivity index (χ4n) is 7.46. The highest BCUT2D eigenvalue weighted by Crippen LogP contribution is 2.42. The third-order valence-corrected chi connectivity index (χ3v) is 10.4. The van der Waals surface area contributed by atoms with Crippen LogP contribution < -0.4 is 4.90 Å². The van der Waals surface area contributed by atoms with Crippen LogP contribution in [0.5, 0.6) is 0 Å². The summed E-state index contributed by atoms with van der Waals surface area (Å²) < 4.78 is 160. The van der Waals surface area contributed by atoms with Crippen LogP contribution in [-0.2, 0) is 0 Å². The molecule has 11 aromatic rings. The molecule has 0 spiro atoms. The van der Waals surface area contributed by atoms with E-state index in [9.17, 15) is 11.0 Å². The molecular weight excluding hydrogens is 727 g/mol. The van der Waals surface area contributed by atoms with Gasteiger partial charge in [0.25, 0.3) is 0 Å². The quantitative estimate of drug-likeness (QED) is 0.153. The molecule has 11 rings (SSSR count). The predicted octanol–water partition coefficient (Wildman–Crippen LogP) is 16.5. The van der Waals surface area contributed by atoms with Crippen molar-refractivity contribution in [2.45, 2.75) is 0 Å². The van der Waals surface area contributed by atoms with Gasteiger partial charge in [-0.2, -0.15) is 0 Å². The van der Waals surface area contributed by atoms with E-state index < -0.39 is 136 Å². The van der Waals surface area contributed by atoms with Crippen molar-refractivity contribution in [3.63, 3.8) is 0 Å². The molecule has 1 heterocycles. The Bertz CT molecular complexity index is 4180. The zero-order valence-electron chi connectivity index (χ0n) is 48.6. The second-order valence-corrected chi connectivity index (χ2v) is 14.0. The smallest absolute Gasteiger partial charge is 0.143 e. The van der Waals surface area contributed by atoms with Crippen molar-refractivity contribution in [2.24, 2.45) is 0 Å². The van der Waals surface area contributed by atoms with Crippen LogP contribution in [0.15, 0.2) is 241 Å². The monoisotopic (exact) mass is 782 g/mol. The summed E-state index contributed by atoms with van der Waals surface area (Å²) in [6, 6.07) is 28.0. The van der Waals surface area contributed by atoms with Gasteiger partial charge in [-0.1, -0.05) is 188 Å². The molecule has 0 N–H and O–H groups in total. The lowest BCUT2D eigenvalue weighted by atomic mass is 9.97. The molecule has 0 bridgehead atoms. The number of anilines is 3. The second kappa shape index (κ2) is 15.1. The molecule has 0 saturated heterocycles. The van der Waals surface area contributed by atoms with Gasteiger partial charge < -0.3 is 9.32 Å². The molecule has 0 aliphatic heterocycles. The highest BCUT2D eigenvalue weighted by Gasteiger charge is 2.17. The van der Waals surface area contributed by atoms with Crippen LogP contribution in [0.1, 0.15) is 23.3 Å². The summed E-state index contributed by atoms with van der Waals surface area (Å²) in [5.74, 6) is 0. The van der Waals surface area contributed by atoms with Gasteiger partial charge >= 0.3 is 0 Å². The van der Waals surface area contributed by atoms with Gasteiger partial charge in [0.1, 0.15) is 11.2 Å². The van der Waals surface area contributed by atoms with E-state index in [0.717, 1.165) is 43.1 Å². The van der Waals surface area contributed by atoms with Crippen molar-refractivity contribution in [3.05, 3.63) is 236 Å². The first-order chi connectivity index (χ1) is 36.8. The van der Waals surface area contributed by atoms with E-state index in [1.165, 1.54) is 0 Å². The molecule has 60 heavy (non-hydrogen) atoms. The molecule has 282 valence electrons. The van der Waals surface area contributed by atoms with Gasteiger partial charge in [0.05, 0.1) is 23.3 Å². The van der Waals surface area contributed by atoms with E-state index in [1.54, 1.807) is 48.5 Å². The SMILES string of the molecule is [2H]c1c([2H])c([2H])c(-c2c([2H])c([2H])c(-c3c([2H])c([2H])c(N(c4ccc(-c5cccc6oc7c8ccccc8ccc7c56)cc4)c4c([2H])c([2H])c(-c5ccc(-c6ccccc6)cc5)c([2H])c4[2H])c([2H])c3[2H])c([2H])c2[2H])c([2H])c1[2H]. The predicted molar refractivity (Wildman–Crippen MR) is 253 cm³/mol. The van der Waals surface area contributed by atoms with Crippen molar-refractivity contribution in [3.8, 4) is 55.6 Å². The van der Waals surface area contributed by atoms with Crippen LogP contribution in [0.2, 0.25) is 0 Å². The minimum Gasteiger partial charge on any atom is -0.455 e. The summed E-state index contributed by atoms with van der Waals surface area (Å²) in [4.78, 5) is 1.12. The largest absolute Gasteiger partial charge is 0.455 e. The number of rotatable bonds is 8. The van der Waals surface area contributed by atoms with Crippen molar-refractivity contribution >= 4 is 49.8 Å². The van der Waals surface area contributed by atoms with Gasteiger partial charge in [-0.05, 0) is 109 Å². The molecule has 0 aliphatic rings. The van der Waals surface area contributed by atoms with Crippen LogP contribution in [-0.4, -0.2) is 0 Å². The lowest BCUT2D eigenvalue weighted by Gasteiger charge is -2.26. The third kappa shape index (κ3) is 6.51. The molecule has 1 aromatic heterocycles. The van der Waals surface area contributed by atoms with Gasteiger partial charge in [-0.3, -0.25) is 0 Å². The molecule has 0 unspecified atom stereocenters. The number of hydrogen-bond donors (Lipinski definition) is 0. The van der Waals surface area contributed by atoms with Crippen LogP contribution in [0.25, 0.3) is 88.3 Å². The minimum absolute atomic E-state index is 0.0304. The first-order valence-electron chi connectivity index (χ1n) is 27.6. The van der Waals surface area contributed by atoms with Crippen LogP contribution >= 0.6 is 0 Å². The van der Waals surface area contributed by atoms with Gasteiger partial charge in [0, 0.05) is 33.2 Å². The fraction of sp³-hybridized carbons (Fsp3) is 0. The Balaban J connectivity index is 1.11. The Hall–Kier alpha value is -7.94. The van der Waals surface area contributed by atoms with Crippen molar-refractivity contribution < 1.29 is 27.7 Å². The number of furan rings is 1. The Kier molecular flexibility index (Phi) is 5.46. The molecule has 0 amide bonds. The average molecular weight is 783 g/mol. The standard InChI is InChI=1S/C58H39NO/c1-3-10-40(11-4-1)42-18-22-44(23-19-42)46-26-33-50(34-27-46)59(51-35-28-47(29-36-51)45-24-20-43(21-25-45)41-12-5-2-6-13-41)52-37-30-49(31-38-52)53-16-9-17-56-57(53)55-39-32-48-14-7-8-15-54(48)58(55)60-56/h1-39H/i1D,3D,4D,10D,11D,18D,19D,22D,23D,26D,27D,28D,29D,33D,34D,35D,36D. The average Bonchev–Trinajstić information content (AvgIpc) is 3.88. The normalized spacial score (nSPS) is 15.3. The second-order valence-electron chi connectivity index (χ2n) is 14.0. The number of benzene rings is 10. The summed E-state index contributed by atoms with van der Waals surface area (Å²) in [7, 11) is 0. The summed E-state index contributed by atoms with van der Waals surface area (Å²) in [6.45, 7) is 0. The Morgan fingerprint density at radius 2 is 0.850 bits per heavy atom. The van der Waals surface area contributed by atoms with Crippen LogP contribution in [0, 0.1) is 0 Å². The zero-order valence-corrected chi connectivity index (χ0v) is 31.6. The minimum atomic E-state index is -0.880. The first-order valence-corrected chi connectivity index (χ1v) is 19.1. The number of hydrogen-bond acceptors (Lipinski definition) is 2. The maximum Gasteiger partial charge on any atom is 0.143 e. The molecule has 0 aliphatic carbocycles. The van der Waals surface area contributed by atoms with Gasteiger partial charge in [-0.15, -0.1) is 0 Å². The van der Waals surface area contributed by atoms with Crippen LogP contribution in [0.3, 0.4) is 0 Å². The zero-order chi connectivity index (χ0) is 54.6. The lowest BCUT2D eigenvalue weighted by molar-refractivity contribution is 0.673. The molecule has 0 fully saturated rings. The molecule has 2 nitrogen and oxygen atoms in total. The summed E-state index contributed by atoms with van der Waals surface area (Å²) in [6.07, 6.45) is 0. The third-order valence-electron chi connectivity index (χ3n) is 10.4. The molecule has 0 saturated carbocycles. The topological polar surface area (TPSA) is 16.4 Å². The Morgan fingerprint density at radius 3 is 1.50 bits per heavy atom. The van der Waals surface area contributed by atoms with E-state index in [-0.39, 0.29) is 11.3 Å².